The average molecular weight is 579 g/mol. The van der Waals surface area contributed by atoms with Gasteiger partial charge in [0.1, 0.15) is 29.2 Å². The van der Waals surface area contributed by atoms with Crippen LogP contribution in [0.2, 0.25) is 0 Å². The molecule has 0 aliphatic carbocycles. The second-order valence-electron chi connectivity index (χ2n) is 6.13. The van der Waals surface area contributed by atoms with Crippen molar-refractivity contribution in [1.82, 2.24) is 19.6 Å². The lowest BCUT2D eigenvalue weighted by atomic mass is 10.0. The molecule has 15 heteroatoms. The predicted octanol–water partition coefficient (Wildman–Crippen LogP) is 0.939. The van der Waals surface area contributed by atoms with Crippen molar-refractivity contribution >= 4 is 85.0 Å². The number of fused-ring (bicyclic) bond motifs is 1. The molecule has 3 rings (SSSR count). The molecule has 3 heterocycles. The number of aryl methyl sites for hydroxylation is 1. The molecular weight excluding hydrogens is 563 g/mol. The molecule has 0 saturated carbocycles. The first kappa shape index (κ1) is 23.4. The normalized spacial score (nSPS) is 22.2. The summed E-state index contributed by atoms with van der Waals surface area (Å²) in [6, 6.07) is -0.830. The van der Waals surface area contributed by atoms with Gasteiger partial charge in [-0.3, -0.25) is 14.5 Å². The molecule has 1 saturated heterocycles. The van der Waals surface area contributed by atoms with Crippen LogP contribution in [-0.4, -0.2) is 80.7 Å². The van der Waals surface area contributed by atoms with Crippen molar-refractivity contribution in [3.8, 4) is 0 Å². The zero-order chi connectivity index (χ0) is 22.0. The molecule has 30 heavy (non-hydrogen) atoms. The number of rotatable bonds is 7. The Kier molecular flexibility index (Phi) is 7.74. The molecule has 2 radical (unpaired) electrons. The van der Waals surface area contributed by atoms with Gasteiger partial charge in [-0.15, -0.1) is 11.8 Å². The first-order valence-electron chi connectivity index (χ1n) is 8.44. The summed E-state index contributed by atoms with van der Waals surface area (Å²) in [5, 5.41) is 6.58. The Morgan fingerprint density at radius 3 is 2.80 bits per heavy atom. The summed E-state index contributed by atoms with van der Waals surface area (Å²) in [7, 11) is 5.51. The van der Waals surface area contributed by atoms with Crippen molar-refractivity contribution in [2.24, 2.45) is 5.16 Å². The summed E-state index contributed by atoms with van der Waals surface area (Å²) in [5.41, 5.74) is 0.878. The highest BCUT2D eigenvalue weighted by Gasteiger charge is 2.54. The number of amides is 2. The van der Waals surface area contributed by atoms with Crippen LogP contribution in [0.1, 0.15) is 10.8 Å². The second-order valence-corrected chi connectivity index (χ2v) is 10.2. The number of β-lactam (4-membered cyclic amide) rings is 1. The van der Waals surface area contributed by atoms with Gasteiger partial charge in [0.25, 0.3) is 11.8 Å². The Balaban J connectivity index is 1.79. The first-order valence-corrected chi connectivity index (χ1v) is 13.6. The Hall–Kier alpha value is -1.25. The topological polar surface area (TPSA) is 123 Å². The fourth-order valence-electron chi connectivity index (χ4n) is 2.83. The minimum Gasteiger partial charge on any atom is -0.452 e. The molecular formula is C15H16BIN5O5PS2. The van der Waals surface area contributed by atoms with Crippen LogP contribution in [0, 0.1) is 6.92 Å². The van der Waals surface area contributed by atoms with E-state index in [2.05, 4.69) is 42.4 Å². The van der Waals surface area contributed by atoms with Crippen LogP contribution in [0.5, 0.6) is 0 Å². The minimum absolute atomic E-state index is 0.118. The molecule has 1 N–H and O–H groups in total. The number of hydrogen-bond acceptors (Lipinski definition) is 10. The molecule has 10 nitrogen and oxygen atoms in total. The SMILES string of the molecule is [B]P(C)OC(=O)C1=C(CI)CSC2C(NC(=O)/C(=N\OC)c3nsc(C)n3)C(=O)N12. The fraction of sp³-hybridized carbons (Fsp3) is 0.467. The number of carbonyl (C=O) groups is 3. The highest BCUT2D eigenvalue weighted by Crippen LogP contribution is 2.42. The fourth-order valence-corrected chi connectivity index (χ4v) is 5.99. The van der Waals surface area contributed by atoms with Crippen molar-refractivity contribution in [2.75, 3.05) is 24.0 Å². The lowest BCUT2D eigenvalue weighted by molar-refractivity contribution is -0.149. The summed E-state index contributed by atoms with van der Waals surface area (Å²) in [6.45, 7) is 3.34. The van der Waals surface area contributed by atoms with E-state index in [0.717, 1.165) is 17.1 Å². The number of alkyl halides is 1. The third kappa shape index (κ3) is 4.65. The van der Waals surface area contributed by atoms with E-state index in [1.807, 2.05) is 0 Å². The van der Waals surface area contributed by atoms with E-state index >= 15 is 0 Å². The van der Waals surface area contributed by atoms with E-state index in [4.69, 9.17) is 16.9 Å². The summed E-state index contributed by atoms with van der Waals surface area (Å²) in [5.74, 6) is -1.02. The number of carbonyl (C=O) groups excluding carboxylic acids is 3. The van der Waals surface area contributed by atoms with Gasteiger partial charge in [0.05, 0.1) is 0 Å². The highest BCUT2D eigenvalue weighted by atomic mass is 127. The molecule has 3 unspecified atom stereocenters. The van der Waals surface area contributed by atoms with Crippen molar-refractivity contribution in [2.45, 2.75) is 18.3 Å². The Morgan fingerprint density at radius 1 is 1.50 bits per heavy atom. The third-order valence-corrected chi connectivity index (χ3v) is 7.39. The van der Waals surface area contributed by atoms with E-state index in [-0.39, 0.29) is 17.2 Å². The Labute approximate surface area is 197 Å². The van der Waals surface area contributed by atoms with Gasteiger partial charge in [-0.2, -0.15) is 4.37 Å². The van der Waals surface area contributed by atoms with Crippen LogP contribution in [-0.2, 0) is 23.7 Å². The van der Waals surface area contributed by atoms with Crippen molar-refractivity contribution < 1.29 is 23.7 Å². The Bertz CT molecular complexity index is 942. The third-order valence-electron chi connectivity index (χ3n) is 4.05. The summed E-state index contributed by atoms with van der Waals surface area (Å²) >= 11 is 4.71. The summed E-state index contributed by atoms with van der Waals surface area (Å²) in [6.07, 6.45) is 0. The van der Waals surface area contributed by atoms with Crippen molar-refractivity contribution in [1.29, 1.82) is 0 Å². The molecule has 1 aromatic heterocycles. The zero-order valence-electron chi connectivity index (χ0n) is 16.1. The number of thioether (sulfide) groups is 1. The van der Waals surface area contributed by atoms with Gasteiger partial charge < -0.3 is 14.7 Å². The lowest BCUT2D eigenvalue weighted by Gasteiger charge is -2.49. The zero-order valence-corrected chi connectivity index (χ0v) is 20.8. The number of nitrogens with zero attached hydrogens (tertiary/aromatic N) is 4. The van der Waals surface area contributed by atoms with Crippen LogP contribution in [0.25, 0.3) is 0 Å². The molecule has 2 amide bonds. The summed E-state index contributed by atoms with van der Waals surface area (Å²) < 4.78 is 9.80. The summed E-state index contributed by atoms with van der Waals surface area (Å²) in [4.78, 5) is 48.4. The quantitative estimate of drug-likeness (QED) is 0.0964. The van der Waals surface area contributed by atoms with Crippen molar-refractivity contribution in [3.63, 3.8) is 0 Å². The molecule has 2 aliphatic heterocycles. The van der Waals surface area contributed by atoms with E-state index in [1.54, 1.807) is 13.6 Å². The smallest absolute Gasteiger partial charge is 0.356 e. The van der Waals surface area contributed by atoms with Gasteiger partial charge >= 0.3 is 5.97 Å². The number of nitrogens with one attached hydrogen (secondary N) is 1. The van der Waals surface area contributed by atoms with Gasteiger partial charge in [0.15, 0.2) is 7.57 Å². The molecule has 3 atom stereocenters. The lowest BCUT2D eigenvalue weighted by Crippen LogP contribution is -2.71. The van der Waals surface area contributed by atoms with Gasteiger partial charge in [-0.25, -0.2) is 9.78 Å². The maximum absolute atomic E-state index is 12.8. The number of hydrogen-bond donors (Lipinski definition) is 1. The average Bonchev–Trinajstić information content (AvgIpc) is 3.13. The van der Waals surface area contributed by atoms with E-state index < -0.39 is 37.2 Å². The molecule has 0 bridgehead atoms. The maximum Gasteiger partial charge on any atom is 0.356 e. The van der Waals surface area contributed by atoms with Crippen molar-refractivity contribution in [3.05, 3.63) is 22.1 Å². The van der Waals surface area contributed by atoms with Crippen LogP contribution in [0.15, 0.2) is 16.4 Å². The number of oxime groups is 1. The largest absolute Gasteiger partial charge is 0.452 e. The highest BCUT2D eigenvalue weighted by molar-refractivity contribution is 14.1. The van der Waals surface area contributed by atoms with E-state index in [9.17, 15) is 14.4 Å². The Morgan fingerprint density at radius 2 is 2.23 bits per heavy atom. The second kappa shape index (κ2) is 9.92. The molecule has 0 spiro atoms. The first-order chi connectivity index (χ1) is 14.3. The molecule has 2 aliphatic rings. The maximum atomic E-state index is 12.8. The molecule has 0 aromatic carbocycles. The standard InChI is InChI=1S/C15H16BIN5O5PS2/c1-6-18-11(21-30-6)8(20-26-2)12(23)19-9-13(24)22-10(15(25)27-28(3)16)7(4-17)5-29-14(9)22/h9,14H,4-5H2,1-3H3,(H,19,23)/b20-8-. The van der Waals surface area contributed by atoms with Gasteiger partial charge in [-0.05, 0) is 30.7 Å². The number of aromatic nitrogens is 2. The molecule has 158 valence electrons. The van der Waals surface area contributed by atoms with Gasteiger partial charge in [-0.1, -0.05) is 27.7 Å². The van der Waals surface area contributed by atoms with Crippen LogP contribution >= 0.6 is 53.9 Å². The van der Waals surface area contributed by atoms with Crippen LogP contribution in [0.3, 0.4) is 0 Å². The monoisotopic (exact) mass is 579 g/mol. The van der Waals surface area contributed by atoms with Gasteiger partial charge in [0.2, 0.25) is 11.5 Å². The molecule has 1 aromatic rings. The van der Waals surface area contributed by atoms with Crippen LogP contribution in [0.4, 0.5) is 0 Å². The van der Waals surface area contributed by atoms with E-state index in [1.165, 1.54) is 23.8 Å². The van der Waals surface area contributed by atoms with Crippen LogP contribution < -0.4 is 5.32 Å². The molecule has 1 fully saturated rings. The number of halogens is 1. The van der Waals surface area contributed by atoms with E-state index in [0.29, 0.717) is 15.2 Å². The van der Waals surface area contributed by atoms with Gasteiger partial charge in [0, 0.05) is 18.2 Å². The predicted molar refractivity (Wildman–Crippen MR) is 124 cm³/mol. The minimum atomic E-state index is -1.42.